The Morgan fingerprint density at radius 3 is 2.81 bits per heavy atom. The molecule has 2 rings (SSSR count). The largest absolute Gasteiger partial charge is 0.324 e. The van der Waals surface area contributed by atoms with E-state index in [0.717, 1.165) is 30.0 Å². The van der Waals surface area contributed by atoms with Crippen LogP contribution >= 0.6 is 11.3 Å². The van der Waals surface area contributed by atoms with Gasteiger partial charge in [-0.2, -0.15) is 5.10 Å². The summed E-state index contributed by atoms with van der Waals surface area (Å²) >= 11 is 1.14. The highest BCUT2D eigenvalue weighted by Gasteiger charge is 2.09. The lowest BCUT2D eigenvalue weighted by Crippen LogP contribution is -2.24. The second-order valence-electron chi connectivity index (χ2n) is 3.73. The molecule has 1 aliphatic heterocycles. The Hall–Kier alpha value is -1.43. The quantitative estimate of drug-likeness (QED) is 0.462. The zero-order valence-corrected chi connectivity index (χ0v) is 9.65. The zero-order chi connectivity index (χ0) is 11.4. The van der Waals surface area contributed by atoms with Gasteiger partial charge in [0.1, 0.15) is 0 Å². The monoisotopic (exact) mass is 239 g/mol. The van der Waals surface area contributed by atoms with Crippen molar-refractivity contribution in [2.24, 2.45) is 5.10 Å². The Morgan fingerprint density at radius 1 is 1.44 bits per heavy atom. The first-order chi connectivity index (χ1) is 7.75. The minimum Gasteiger partial charge on any atom is -0.297 e. The Kier molecular flexibility index (Phi) is 3.51. The number of thiophene rings is 1. The van der Waals surface area contributed by atoms with Gasteiger partial charge in [-0.25, -0.2) is 0 Å². The number of hydrogen-bond donors (Lipinski definition) is 0. The van der Waals surface area contributed by atoms with Crippen molar-refractivity contribution in [3.05, 3.63) is 27.1 Å². The van der Waals surface area contributed by atoms with Gasteiger partial charge >= 0.3 is 5.00 Å². The maximum Gasteiger partial charge on any atom is 0.324 e. The summed E-state index contributed by atoms with van der Waals surface area (Å²) in [7, 11) is 0. The third kappa shape index (κ3) is 2.79. The van der Waals surface area contributed by atoms with Crippen LogP contribution in [0.5, 0.6) is 0 Å². The van der Waals surface area contributed by atoms with Crippen molar-refractivity contribution < 1.29 is 4.92 Å². The van der Waals surface area contributed by atoms with Crippen molar-refractivity contribution in [2.75, 3.05) is 13.1 Å². The van der Waals surface area contributed by atoms with E-state index >= 15 is 0 Å². The Morgan fingerprint density at radius 2 is 2.19 bits per heavy atom. The van der Waals surface area contributed by atoms with Gasteiger partial charge in [-0.1, -0.05) is 11.3 Å². The van der Waals surface area contributed by atoms with E-state index in [9.17, 15) is 10.1 Å². The van der Waals surface area contributed by atoms with E-state index in [1.54, 1.807) is 17.7 Å². The first kappa shape index (κ1) is 11.1. The van der Waals surface area contributed by atoms with E-state index in [1.807, 2.05) is 5.01 Å². The van der Waals surface area contributed by atoms with E-state index in [4.69, 9.17) is 0 Å². The molecule has 5 nitrogen and oxygen atoms in total. The van der Waals surface area contributed by atoms with E-state index in [-0.39, 0.29) is 9.92 Å². The van der Waals surface area contributed by atoms with E-state index in [2.05, 4.69) is 5.10 Å². The number of hydrogen-bond acceptors (Lipinski definition) is 5. The average molecular weight is 239 g/mol. The second kappa shape index (κ2) is 5.07. The summed E-state index contributed by atoms with van der Waals surface area (Å²) in [6, 6.07) is 1.55. The molecule has 1 saturated heterocycles. The highest BCUT2D eigenvalue weighted by Crippen LogP contribution is 2.21. The smallest absolute Gasteiger partial charge is 0.297 e. The van der Waals surface area contributed by atoms with Crippen LogP contribution in [0.15, 0.2) is 16.5 Å². The fourth-order valence-corrected chi connectivity index (χ4v) is 2.32. The van der Waals surface area contributed by atoms with Crippen molar-refractivity contribution in [3.8, 4) is 0 Å². The van der Waals surface area contributed by atoms with Crippen molar-refractivity contribution in [1.82, 2.24) is 5.01 Å². The maximum atomic E-state index is 10.5. The average Bonchev–Trinajstić information content (AvgIpc) is 2.76. The topological polar surface area (TPSA) is 58.7 Å². The third-order valence-electron chi connectivity index (χ3n) is 2.49. The van der Waals surface area contributed by atoms with Crippen molar-refractivity contribution in [2.45, 2.75) is 19.3 Å². The molecule has 1 aromatic rings. The van der Waals surface area contributed by atoms with Crippen LogP contribution in [0.4, 0.5) is 5.00 Å². The Labute approximate surface area is 97.5 Å². The first-order valence-electron chi connectivity index (χ1n) is 5.27. The van der Waals surface area contributed by atoms with Crippen molar-refractivity contribution >= 4 is 22.6 Å². The normalized spacial score (nSPS) is 16.9. The van der Waals surface area contributed by atoms with E-state index < -0.39 is 0 Å². The molecule has 0 atom stereocenters. The summed E-state index contributed by atoms with van der Waals surface area (Å²) in [6.07, 6.45) is 5.34. The van der Waals surface area contributed by atoms with E-state index in [1.165, 1.54) is 19.3 Å². The molecule has 1 fully saturated rings. The lowest BCUT2D eigenvalue weighted by Gasteiger charge is -2.23. The molecule has 0 N–H and O–H groups in total. The SMILES string of the molecule is O=[N+]([O-])c1cc(C=NN2CCCCC2)cs1. The summed E-state index contributed by atoms with van der Waals surface area (Å²) in [4.78, 5) is 10.1. The third-order valence-corrected chi connectivity index (χ3v) is 3.39. The zero-order valence-electron chi connectivity index (χ0n) is 8.83. The van der Waals surface area contributed by atoms with Crippen LogP contribution in [0.1, 0.15) is 24.8 Å². The first-order valence-corrected chi connectivity index (χ1v) is 6.15. The van der Waals surface area contributed by atoms with Gasteiger partial charge in [-0.3, -0.25) is 15.1 Å². The maximum absolute atomic E-state index is 10.5. The van der Waals surface area contributed by atoms with Crippen LogP contribution in [0.2, 0.25) is 0 Å². The van der Waals surface area contributed by atoms with E-state index in [0.29, 0.717) is 0 Å². The lowest BCUT2D eigenvalue weighted by atomic mass is 10.2. The molecule has 1 aromatic heterocycles. The standard InChI is InChI=1S/C10H13N3O2S/c14-13(15)10-6-9(8-16-10)7-11-12-4-2-1-3-5-12/h6-8H,1-5H2. The van der Waals surface area contributed by atoms with Gasteiger partial charge in [-0.05, 0) is 19.3 Å². The molecular formula is C10H13N3O2S. The molecule has 6 heteroatoms. The molecule has 2 heterocycles. The summed E-state index contributed by atoms with van der Waals surface area (Å²) in [5.41, 5.74) is 0.808. The van der Waals surface area contributed by atoms with Gasteiger partial charge in [0, 0.05) is 30.1 Å². The van der Waals surface area contributed by atoms with Gasteiger partial charge in [0.05, 0.1) is 11.1 Å². The fourth-order valence-electron chi connectivity index (χ4n) is 1.64. The molecular weight excluding hydrogens is 226 g/mol. The van der Waals surface area contributed by atoms with Gasteiger partial charge in [0.25, 0.3) is 0 Å². The number of hydrazone groups is 1. The molecule has 0 aliphatic carbocycles. The molecule has 0 radical (unpaired) electrons. The molecule has 86 valence electrons. The number of piperidine rings is 1. The van der Waals surface area contributed by atoms with Crippen LogP contribution in [-0.4, -0.2) is 29.2 Å². The van der Waals surface area contributed by atoms with Gasteiger partial charge < -0.3 is 0 Å². The fraction of sp³-hybridized carbons (Fsp3) is 0.500. The van der Waals surface area contributed by atoms with Crippen LogP contribution in [-0.2, 0) is 0 Å². The van der Waals surface area contributed by atoms with Crippen molar-refractivity contribution in [1.29, 1.82) is 0 Å². The van der Waals surface area contributed by atoms with Crippen molar-refractivity contribution in [3.63, 3.8) is 0 Å². The molecule has 0 aromatic carbocycles. The second-order valence-corrected chi connectivity index (χ2v) is 4.62. The highest BCUT2D eigenvalue weighted by molar-refractivity contribution is 7.13. The Bertz CT molecular complexity index is 397. The summed E-state index contributed by atoms with van der Waals surface area (Å²) < 4.78 is 0. The van der Waals surface area contributed by atoms with Gasteiger partial charge in [0.15, 0.2) is 0 Å². The van der Waals surface area contributed by atoms with Crippen LogP contribution < -0.4 is 0 Å². The van der Waals surface area contributed by atoms with Crippen LogP contribution in [0.25, 0.3) is 0 Å². The number of nitrogens with zero attached hydrogens (tertiary/aromatic N) is 3. The minimum atomic E-state index is -0.372. The highest BCUT2D eigenvalue weighted by atomic mass is 32.1. The molecule has 0 bridgehead atoms. The number of rotatable bonds is 3. The molecule has 0 spiro atoms. The summed E-state index contributed by atoms with van der Waals surface area (Å²) in [5.74, 6) is 0. The molecule has 0 saturated carbocycles. The molecule has 16 heavy (non-hydrogen) atoms. The molecule has 1 aliphatic rings. The van der Waals surface area contributed by atoms with Crippen LogP contribution in [0, 0.1) is 10.1 Å². The predicted octanol–water partition coefficient (Wildman–Crippen LogP) is 2.48. The summed E-state index contributed by atoms with van der Waals surface area (Å²) in [5, 5.41) is 18.7. The summed E-state index contributed by atoms with van der Waals surface area (Å²) in [6.45, 7) is 1.98. The molecule has 0 unspecified atom stereocenters. The van der Waals surface area contributed by atoms with Gasteiger partial charge in [-0.15, -0.1) is 0 Å². The van der Waals surface area contributed by atoms with Crippen LogP contribution in [0.3, 0.4) is 0 Å². The lowest BCUT2D eigenvalue weighted by molar-refractivity contribution is -0.380. The Balaban J connectivity index is 1.96. The predicted molar refractivity (Wildman–Crippen MR) is 64.0 cm³/mol. The van der Waals surface area contributed by atoms with Gasteiger partial charge in [0.2, 0.25) is 0 Å². The number of nitro groups is 1. The minimum absolute atomic E-state index is 0.167. The molecule has 0 amide bonds.